The highest BCUT2D eigenvalue weighted by molar-refractivity contribution is 9.10. The average molecular weight is 349 g/mol. The summed E-state index contributed by atoms with van der Waals surface area (Å²) in [5.41, 5.74) is 7.45. The smallest absolute Gasteiger partial charge is 0.255 e. The molecular formula is C16H17BrN2O2. The summed E-state index contributed by atoms with van der Waals surface area (Å²) in [7, 11) is 0. The maximum Gasteiger partial charge on any atom is 0.255 e. The van der Waals surface area contributed by atoms with Crippen LogP contribution in [0.4, 0.5) is 11.4 Å². The maximum absolute atomic E-state index is 12.3. The molecule has 0 atom stereocenters. The van der Waals surface area contributed by atoms with Crippen molar-refractivity contribution in [3.8, 4) is 5.75 Å². The first-order valence-corrected chi connectivity index (χ1v) is 7.38. The average Bonchev–Trinajstić information content (AvgIpc) is 2.43. The van der Waals surface area contributed by atoms with E-state index in [-0.39, 0.29) is 12.0 Å². The molecule has 0 aliphatic rings. The Kier molecular flexibility index (Phi) is 4.85. The Hall–Kier alpha value is -2.01. The van der Waals surface area contributed by atoms with Gasteiger partial charge < -0.3 is 15.8 Å². The summed E-state index contributed by atoms with van der Waals surface area (Å²) >= 11 is 3.31. The van der Waals surface area contributed by atoms with Crippen molar-refractivity contribution >= 4 is 33.2 Å². The highest BCUT2D eigenvalue weighted by atomic mass is 79.9. The Balaban J connectivity index is 2.21. The molecule has 2 aromatic carbocycles. The number of nitrogens with one attached hydrogen (secondary N) is 1. The Morgan fingerprint density at radius 3 is 2.62 bits per heavy atom. The molecule has 0 radical (unpaired) electrons. The van der Waals surface area contributed by atoms with Crippen LogP contribution in [0, 0.1) is 0 Å². The lowest BCUT2D eigenvalue weighted by Gasteiger charge is -2.15. The number of para-hydroxylation sites is 2. The topological polar surface area (TPSA) is 64.3 Å². The van der Waals surface area contributed by atoms with Crippen molar-refractivity contribution in [1.29, 1.82) is 0 Å². The third-order valence-corrected chi connectivity index (χ3v) is 3.48. The zero-order chi connectivity index (χ0) is 15.4. The van der Waals surface area contributed by atoms with Crippen molar-refractivity contribution in [2.75, 3.05) is 11.1 Å². The largest absolute Gasteiger partial charge is 0.489 e. The van der Waals surface area contributed by atoms with Gasteiger partial charge in [0.05, 0.1) is 11.8 Å². The molecule has 4 nitrogen and oxygen atoms in total. The number of halogens is 1. The SMILES string of the molecule is CC(C)Oc1ccccc1NC(=O)c1ccc(Br)c(N)c1. The van der Waals surface area contributed by atoms with E-state index in [9.17, 15) is 4.79 Å². The van der Waals surface area contributed by atoms with Crippen LogP contribution in [0.25, 0.3) is 0 Å². The van der Waals surface area contributed by atoms with Crippen molar-refractivity contribution in [2.24, 2.45) is 0 Å². The molecule has 0 aromatic heterocycles. The van der Waals surface area contributed by atoms with E-state index in [1.54, 1.807) is 24.3 Å². The van der Waals surface area contributed by atoms with Crippen LogP contribution in [0.2, 0.25) is 0 Å². The number of ether oxygens (including phenoxy) is 1. The number of hydrogen-bond acceptors (Lipinski definition) is 3. The number of hydrogen-bond donors (Lipinski definition) is 2. The monoisotopic (exact) mass is 348 g/mol. The van der Waals surface area contributed by atoms with Gasteiger partial charge in [-0.2, -0.15) is 0 Å². The predicted molar refractivity (Wildman–Crippen MR) is 88.7 cm³/mol. The lowest BCUT2D eigenvalue weighted by atomic mass is 10.2. The Morgan fingerprint density at radius 2 is 1.95 bits per heavy atom. The van der Waals surface area contributed by atoms with Gasteiger partial charge in [0.2, 0.25) is 0 Å². The summed E-state index contributed by atoms with van der Waals surface area (Å²) in [4.78, 5) is 12.3. The highest BCUT2D eigenvalue weighted by Crippen LogP contribution is 2.26. The number of rotatable bonds is 4. The van der Waals surface area contributed by atoms with Crippen LogP contribution in [0.15, 0.2) is 46.9 Å². The highest BCUT2D eigenvalue weighted by Gasteiger charge is 2.11. The molecule has 110 valence electrons. The molecule has 21 heavy (non-hydrogen) atoms. The van der Waals surface area contributed by atoms with E-state index in [1.807, 2.05) is 32.0 Å². The summed E-state index contributed by atoms with van der Waals surface area (Å²) in [6.07, 6.45) is 0.0337. The fourth-order valence-corrected chi connectivity index (χ4v) is 2.05. The lowest BCUT2D eigenvalue weighted by molar-refractivity contribution is 0.102. The first-order valence-electron chi connectivity index (χ1n) is 6.59. The van der Waals surface area contributed by atoms with Gasteiger partial charge in [0.1, 0.15) is 5.75 Å². The van der Waals surface area contributed by atoms with Crippen LogP contribution >= 0.6 is 15.9 Å². The van der Waals surface area contributed by atoms with Gasteiger partial charge in [0.15, 0.2) is 0 Å². The molecule has 3 N–H and O–H groups in total. The Morgan fingerprint density at radius 1 is 1.24 bits per heavy atom. The van der Waals surface area contributed by atoms with Gasteiger partial charge in [-0.15, -0.1) is 0 Å². The van der Waals surface area contributed by atoms with E-state index in [4.69, 9.17) is 10.5 Å². The second kappa shape index (κ2) is 6.63. The zero-order valence-corrected chi connectivity index (χ0v) is 13.5. The van der Waals surface area contributed by atoms with Crippen LogP contribution in [0.1, 0.15) is 24.2 Å². The van der Waals surface area contributed by atoms with Crippen LogP contribution in [-0.4, -0.2) is 12.0 Å². The molecule has 0 aliphatic carbocycles. The quantitative estimate of drug-likeness (QED) is 0.818. The molecule has 0 spiro atoms. The Labute approximate surface area is 132 Å². The van der Waals surface area contributed by atoms with E-state index < -0.39 is 0 Å². The molecule has 0 fully saturated rings. The molecular weight excluding hydrogens is 332 g/mol. The van der Waals surface area contributed by atoms with Crippen LogP contribution < -0.4 is 15.8 Å². The van der Waals surface area contributed by atoms with Gasteiger partial charge in [0.25, 0.3) is 5.91 Å². The van der Waals surface area contributed by atoms with Gasteiger partial charge >= 0.3 is 0 Å². The lowest BCUT2D eigenvalue weighted by Crippen LogP contribution is -2.14. The Bertz CT molecular complexity index is 656. The van der Waals surface area contributed by atoms with Gasteiger partial charge in [-0.05, 0) is 60.1 Å². The molecule has 0 unspecified atom stereocenters. The third kappa shape index (κ3) is 3.98. The second-order valence-electron chi connectivity index (χ2n) is 4.85. The molecule has 1 amide bonds. The van der Waals surface area contributed by atoms with Gasteiger partial charge in [-0.1, -0.05) is 12.1 Å². The maximum atomic E-state index is 12.3. The molecule has 2 rings (SSSR count). The summed E-state index contributed by atoms with van der Waals surface area (Å²) in [5.74, 6) is 0.417. The van der Waals surface area contributed by atoms with E-state index in [2.05, 4.69) is 21.2 Å². The minimum atomic E-state index is -0.228. The van der Waals surface area contributed by atoms with E-state index >= 15 is 0 Å². The van der Waals surface area contributed by atoms with E-state index in [0.717, 1.165) is 4.47 Å². The number of nitrogens with two attached hydrogens (primary N) is 1. The summed E-state index contributed by atoms with van der Waals surface area (Å²) in [6.45, 7) is 3.88. The molecule has 5 heteroatoms. The number of anilines is 2. The second-order valence-corrected chi connectivity index (χ2v) is 5.71. The standard InChI is InChI=1S/C16H17BrN2O2/c1-10(2)21-15-6-4-3-5-14(15)19-16(20)11-7-8-12(17)13(18)9-11/h3-10H,18H2,1-2H3,(H,19,20). The summed E-state index contributed by atoms with van der Waals surface area (Å²) in [5, 5.41) is 2.84. The van der Waals surface area contributed by atoms with Crippen molar-refractivity contribution < 1.29 is 9.53 Å². The van der Waals surface area contributed by atoms with Crippen molar-refractivity contribution in [3.63, 3.8) is 0 Å². The van der Waals surface area contributed by atoms with Crippen LogP contribution in [0.3, 0.4) is 0 Å². The molecule has 0 saturated heterocycles. The first-order chi connectivity index (χ1) is 9.97. The predicted octanol–water partition coefficient (Wildman–Crippen LogP) is 4.07. The summed E-state index contributed by atoms with van der Waals surface area (Å²) in [6, 6.07) is 12.4. The number of benzene rings is 2. The fraction of sp³-hybridized carbons (Fsp3) is 0.188. The third-order valence-electron chi connectivity index (χ3n) is 2.76. The fourth-order valence-electron chi connectivity index (χ4n) is 1.81. The van der Waals surface area contributed by atoms with Crippen LogP contribution in [0.5, 0.6) is 5.75 Å². The molecule has 0 aliphatic heterocycles. The van der Waals surface area contributed by atoms with E-state index in [0.29, 0.717) is 22.7 Å². The van der Waals surface area contributed by atoms with Crippen molar-refractivity contribution in [3.05, 3.63) is 52.5 Å². The molecule has 0 bridgehead atoms. The number of nitrogen functional groups attached to an aromatic ring is 1. The molecule has 0 saturated carbocycles. The number of carbonyl (C=O) groups is 1. The minimum Gasteiger partial charge on any atom is -0.489 e. The minimum absolute atomic E-state index is 0.0337. The summed E-state index contributed by atoms with van der Waals surface area (Å²) < 4.78 is 6.44. The van der Waals surface area contributed by atoms with Crippen molar-refractivity contribution in [2.45, 2.75) is 20.0 Å². The van der Waals surface area contributed by atoms with Gasteiger partial charge in [-0.25, -0.2) is 0 Å². The van der Waals surface area contributed by atoms with Crippen molar-refractivity contribution in [1.82, 2.24) is 0 Å². The van der Waals surface area contributed by atoms with Crippen LogP contribution in [-0.2, 0) is 0 Å². The molecule has 0 heterocycles. The normalized spacial score (nSPS) is 10.5. The zero-order valence-electron chi connectivity index (χ0n) is 11.9. The number of carbonyl (C=O) groups excluding carboxylic acids is 1. The molecule has 2 aromatic rings. The van der Waals surface area contributed by atoms with E-state index in [1.165, 1.54) is 0 Å². The number of amides is 1. The first kappa shape index (κ1) is 15.4. The van der Waals surface area contributed by atoms with Gasteiger partial charge in [-0.3, -0.25) is 4.79 Å². The van der Waals surface area contributed by atoms with Gasteiger partial charge in [0, 0.05) is 15.7 Å².